The fourth-order valence-electron chi connectivity index (χ4n) is 4.02. The predicted octanol–water partition coefficient (Wildman–Crippen LogP) is 2.05. The topological polar surface area (TPSA) is 109 Å². The summed E-state index contributed by atoms with van der Waals surface area (Å²) in [6.45, 7) is 12.9. The van der Waals surface area contributed by atoms with Gasteiger partial charge in [-0.25, -0.2) is 14.6 Å². The first kappa shape index (κ1) is 22.6. The van der Waals surface area contributed by atoms with Crippen LogP contribution in [0.25, 0.3) is 11.2 Å². The van der Waals surface area contributed by atoms with Crippen molar-refractivity contribution in [2.24, 2.45) is 7.05 Å². The molecule has 1 aliphatic heterocycles. The molecule has 1 aliphatic rings. The highest BCUT2D eigenvalue weighted by Gasteiger charge is 2.36. The smallest absolute Gasteiger partial charge is 0.410 e. The van der Waals surface area contributed by atoms with Gasteiger partial charge in [-0.15, -0.1) is 0 Å². The maximum atomic E-state index is 12.7. The number of hydrogen-bond acceptors (Lipinski definition) is 7. The SMILES string of the molecule is CCn1c(CC#N)nc2c(N3C[C@@H](C)N(C(=O)OC(C)(C)C)C[C@@H]3C)nc(=O)n(C)c21. The van der Waals surface area contributed by atoms with Crippen LogP contribution in [0.5, 0.6) is 0 Å². The molecule has 31 heavy (non-hydrogen) atoms. The van der Waals surface area contributed by atoms with Crippen LogP contribution < -0.4 is 10.6 Å². The second-order valence-electron chi connectivity index (χ2n) is 9.04. The monoisotopic (exact) mass is 429 g/mol. The summed E-state index contributed by atoms with van der Waals surface area (Å²) in [5.41, 5.74) is 0.298. The average molecular weight is 430 g/mol. The van der Waals surface area contributed by atoms with E-state index < -0.39 is 5.60 Å². The molecule has 0 spiro atoms. The molecule has 3 heterocycles. The van der Waals surface area contributed by atoms with Gasteiger partial charge in [0.1, 0.15) is 22.6 Å². The Bertz CT molecular complexity index is 1090. The molecule has 2 atom stereocenters. The zero-order valence-corrected chi connectivity index (χ0v) is 19.3. The lowest BCUT2D eigenvalue weighted by Crippen LogP contribution is -2.59. The normalized spacial score (nSPS) is 19.5. The molecular formula is C21H31N7O3. The number of nitrogens with zero attached hydrogens (tertiary/aromatic N) is 7. The summed E-state index contributed by atoms with van der Waals surface area (Å²) in [6, 6.07) is 1.90. The van der Waals surface area contributed by atoms with Crippen LogP contribution in [0.1, 0.15) is 47.4 Å². The molecule has 0 unspecified atom stereocenters. The van der Waals surface area contributed by atoms with Crippen LogP contribution >= 0.6 is 0 Å². The summed E-state index contributed by atoms with van der Waals surface area (Å²) in [5.74, 6) is 1.10. The van der Waals surface area contributed by atoms with Crippen molar-refractivity contribution in [2.75, 3.05) is 18.0 Å². The van der Waals surface area contributed by atoms with Gasteiger partial charge >= 0.3 is 11.8 Å². The Labute approximate surface area is 182 Å². The Morgan fingerprint density at radius 2 is 1.90 bits per heavy atom. The number of aryl methyl sites for hydroxylation is 2. The number of aromatic nitrogens is 4. The van der Waals surface area contributed by atoms with Gasteiger partial charge in [-0.1, -0.05) is 0 Å². The van der Waals surface area contributed by atoms with Crippen LogP contribution in [0.3, 0.4) is 0 Å². The van der Waals surface area contributed by atoms with Crippen molar-refractivity contribution in [3.63, 3.8) is 0 Å². The van der Waals surface area contributed by atoms with Gasteiger partial charge in [0.15, 0.2) is 5.82 Å². The van der Waals surface area contributed by atoms with E-state index in [-0.39, 0.29) is 30.3 Å². The third kappa shape index (κ3) is 4.22. The fraction of sp³-hybridized carbons (Fsp3) is 0.667. The molecule has 1 fully saturated rings. The van der Waals surface area contributed by atoms with Crippen molar-refractivity contribution in [1.29, 1.82) is 5.26 Å². The number of ether oxygens (including phenoxy) is 1. The molecule has 2 aromatic rings. The quantitative estimate of drug-likeness (QED) is 0.734. The zero-order chi connectivity index (χ0) is 23.1. The first-order valence-corrected chi connectivity index (χ1v) is 10.6. The second-order valence-corrected chi connectivity index (χ2v) is 9.04. The maximum absolute atomic E-state index is 12.7. The number of piperazine rings is 1. The van der Waals surface area contributed by atoms with Crippen molar-refractivity contribution in [3.8, 4) is 6.07 Å². The number of hydrogen-bond donors (Lipinski definition) is 0. The molecule has 0 bridgehead atoms. The number of anilines is 1. The number of fused-ring (bicyclic) bond motifs is 1. The van der Waals surface area contributed by atoms with Gasteiger partial charge in [-0.05, 0) is 41.5 Å². The third-order valence-electron chi connectivity index (χ3n) is 5.48. The Morgan fingerprint density at radius 3 is 2.48 bits per heavy atom. The van der Waals surface area contributed by atoms with E-state index in [4.69, 9.17) is 4.74 Å². The molecule has 0 radical (unpaired) electrons. The molecule has 1 saturated heterocycles. The minimum Gasteiger partial charge on any atom is -0.444 e. The number of carbonyl (C=O) groups is 1. The maximum Gasteiger partial charge on any atom is 0.410 e. The van der Waals surface area contributed by atoms with Gasteiger partial charge in [-0.2, -0.15) is 10.2 Å². The summed E-state index contributed by atoms with van der Waals surface area (Å²) < 4.78 is 8.91. The van der Waals surface area contributed by atoms with Gasteiger partial charge < -0.3 is 19.1 Å². The molecule has 3 rings (SSSR count). The van der Waals surface area contributed by atoms with Crippen molar-refractivity contribution in [2.45, 2.75) is 72.2 Å². The van der Waals surface area contributed by atoms with Gasteiger partial charge in [0.2, 0.25) is 0 Å². The molecule has 0 saturated carbocycles. The summed E-state index contributed by atoms with van der Waals surface area (Å²) in [6.07, 6.45) is -0.200. The second kappa shape index (κ2) is 8.21. The van der Waals surface area contributed by atoms with E-state index in [1.54, 1.807) is 11.9 Å². The van der Waals surface area contributed by atoms with Crippen LogP contribution in [0.4, 0.5) is 10.6 Å². The standard InChI is InChI=1S/C21H31N7O3/c1-8-26-15(9-10-22)23-16-17(24-19(29)25(7)18(16)26)27-11-14(3)28(12-13(27)2)20(30)31-21(4,5)6/h13-14H,8-9,11-12H2,1-7H3/t13-,14+/m0/s1. The Hall–Kier alpha value is -3.09. The number of rotatable bonds is 3. The molecule has 1 amide bonds. The minimum absolute atomic E-state index is 0.0993. The summed E-state index contributed by atoms with van der Waals surface area (Å²) in [5, 5.41) is 9.20. The van der Waals surface area contributed by atoms with Crippen LogP contribution in [-0.2, 0) is 24.8 Å². The van der Waals surface area contributed by atoms with Crippen LogP contribution in [0, 0.1) is 11.3 Å². The van der Waals surface area contributed by atoms with Crippen molar-refractivity contribution in [3.05, 3.63) is 16.3 Å². The molecule has 0 aliphatic carbocycles. The van der Waals surface area contributed by atoms with Crippen LogP contribution in [0.2, 0.25) is 0 Å². The molecule has 2 aromatic heterocycles. The summed E-state index contributed by atoms with van der Waals surface area (Å²) in [7, 11) is 1.66. The number of nitriles is 1. The first-order chi connectivity index (χ1) is 14.5. The van der Waals surface area contributed by atoms with Gasteiger partial charge in [0.25, 0.3) is 0 Å². The van der Waals surface area contributed by atoms with Crippen molar-refractivity contribution in [1.82, 2.24) is 24.0 Å². The Balaban J connectivity index is 2.03. The first-order valence-electron chi connectivity index (χ1n) is 10.6. The molecule has 10 heteroatoms. The molecule has 10 nitrogen and oxygen atoms in total. The van der Waals surface area contributed by atoms with E-state index in [1.165, 1.54) is 4.57 Å². The zero-order valence-electron chi connectivity index (χ0n) is 19.3. The molecule has 0 N–H and O–H groups in total. The highest BCUT2D eigenvalue weighted by molar-refractivity contribution is 5.85. The Morgan fingerprint density at radius 1 is 1.23 bits per heavy atom. The third-order valence-corrected chi connectivity index (χ3v) is 5.48. The van der Waals surface area contributed by atoms with E-state index in [2.05, 4.69) is 16.0 Å². The lowest BCUT2D eigenvalue weighted by atomic mass is 10.1. The highest BCUT2D eigenvalue weighted by atomic mass is 16.6. The Kier molecular flexibility index (Phi) is 5.98. The van der Waals surface area contributed by atoms with E-state index in [0.717, 1.165) is 0 Å². The predicted molar refractivity (Wildman–Crippen MR) is 117 cm³/mol. The van der Waals surface area contributed by atoms with E-state index >= 15 is 0 Å². The average Bonchev–Trinajstić information content (AvgIpc) is 3.03. The van der Waals surface area contributed by atoms with E-state index in [9.17, 15) is 14.9 Å². The van der Waals surface area contributed by atoms with Gasteiger partial charge in [-0.3, -0.25) is 4.57 Å². The number of carbonyl (C=O) groups excluding carboxylic acids is 1. The van der Waals surface area contributed by atoms with Crippen LogP contribution in [-0.4, -0.2) is 60.9 Å². The highest BCUT2D eigenvalue weighted by Crippen LogP contribution is 2.29. The van der Waals surface area contributed by atoms with E-state index in [0.29, 0.717) is 42.4 Å². The molecular weight excluding hydrogens is 398 g/mol. The number of amides is 1. The largest absolute Gasteiger partial charge is 0.444 e. The molecule has 0 aromatic carbocycles. The summed E-state index contributed by atoms with van der Waals surface area (Å²) in [4.78, 5) is 38.1. The molecule has 168 valence electrons. The van der Waals surface area contributed by atoms with Crippen molar-refractivity contribution < 1.29 is 9.53 Å². The lowest BCUT2D eigenvalue weighted by molar-refractivity contribution is 0.0130. The van der Waals surface area contributed by atoms with E-state index in [1.807, 2.05) is 51.0 Å². The van der Waals surface area contributed by atoms with Gasteiger partial charge in [0, 0.05) is 38.8 Å². The minimum atomic E-state index is -0.569. The van der Waals surface area contributed by atoms with Crippen LogP contribution in [0.15, 0.2) is 4.79 Å². The van der Waals surface area contributed by atoms with Gasteiger partial charge in [0.05, 0.1) is 12.5 Å². The summed E-state index contributed by atoms with van der Waals surface area (Å²) >= 11 is 0. The lowest BCUT2D eigenvalue weighted by Gasteiger charge is -2.44. The fourth-order valence-corrected chi connectivity index (χ4v) is 4.02. The van der Waals surface area contributed by atoms with Crippen molar-refractivity contribution >= 4 is 23.1 Å². The number of imidazole rings is 1.